The minimum atomic E-state index is -3.72. The van der Waals surface area contributed by atoms with E-state index >= 15 is 0 Å². The molecular weight excluding hydrogens is 285 g/mol. The maximum absolute atomic E-state index is 11.8. The molecule has 2 rings (SSSR count). The predicted molar refractivity (Wildman–Crippen MR) is 65.9 cm³/mol. The van der Waals surface area contributed by atoms with E-state index in [2.05, 4.69) is 14.7 Å². The zero-order valence-corrected chi connectivity index (χ0v) is 10.6. The van der Waals surface area contributed by atoms with Crippen molar-refractivity contribution in [2.45, 2.75) is 5.03 Å². The van der Waals surface area contributed by atoms with Crippen molar-refractivity contribution in [1.29, 1.82) is 0 Å². The average Bonchev–Trinajstić information content (AvgIpc) is 2.77. The predicted octanol–water partition coefficient (Wildman–Crippen LogP) is 2.52. The summed E-state index contributed by atoms with van der Waals surface area (Å²) in [6, 6.07) is 4.50. The SMILES string of the molecule is O=S(=O)(Nc1cc(Cl)ccc1Cl)c1cnc[nH]1. The zero-order chi connectivity index (χ0) is 12.5. The van der Waals surface area contributed by atoms with Crippen molar-refractivity contribution >= 4 is 38.9 Å². The molecule has 5 nitrogen and oxygen atoms in total. The fourth-order valence-electron chi connectivity index (χ4n) is 1.17. The number of benzene rings is 1. The van der Waals surface area contributed by atoms with Gasteiger partial charge in [-0.25, -0.2) is 4.98 Å². The first-order valence-electron chi connectivity index (χ1n) is 4.45. The summed E-state index contributed by atoms with van der Waals surface area (Å²) in [7, 11) is -3.72. The second-order valence-corrected chi connectivity index (χ2v) is 5.64. The van der Waals surface area contributed by atoms with Crippen molar-refractivity contribution in [2.75, 3.05) is 4.72 Å². The largest absolute Gasteiger partial charge is 0.334 e. The molecular formula is C9H7Cl2N3O2S. The highest BCUT2D eigenvalue weighted by Gasteiger charge is 2.17. The molecule has 17 heavy (non-hydrogen) atoms. The average molecular weight is 292 g/mol. The summed E-state index contributed by atoms with van der Waals surface area (Å²) < 4.78 is 26.0. The summed E-state index contributed by atoms with van der Waals surface area (Å²) in [5, 5.41) is 0.600. The number of H-pyrrole nitrogens is 1. The molecule has 0 saturated heterocycles. The van der Waals surface area contributed by atoms with Crippen LogP contribution in [0.4, 0.5) is 5.69 Å². The number of sulfonamides is 1. The van der Waals surface area contributed by atoms with Crippen molar-refractivity contribution in [1.82, 2.24) is 9.97 Å². The molecule has 8 heteroatoms. The first-order chi connectivity index (χ1) is 7.99. The Morgan fingerprint density at radius 3 is 2.71 bits per heavy atom. The van der Waals surface area contributed by atoms with E-state index < -0.39 is 10.0 Å². The molecule has 0 spiro atoms. The molecule has 0 atom stereocenters. The van der Waals surface area contributed by atoms with Gasteiger partial charge in [-0.1, -0.05) is 23.2 Å². The Balaban J connectivity index is 2.36. The summed E-state index contributed by atoms with van der Waals surface area (Å²) in [4.78, 5) is 6.13. The molecule has 0 unspecified atom stereocenters. The van der Waals surface area contributed by atoms with Crippen LogP contribution in [-0.4, -0.2) is 18.4 Å². The van der Waals surface area contributed by atoms with E-state index in [0.29, 0.717) is 5.02 Å². The van der Waals surface area contributed by atoms with Crippen LogP contribution in [0.1, 0.15) is 0 Å². The fourth-order valence-corrected chi connectivity index (χ4v) is 2.53. The Morgan fingerprint density at radius 2 is 2.06 bits per heavy atom. The molecule has 2 N–H and O–H groups in total. The van der Waals surface area contributed by atoms with Crippen LogP contribution in [0, 0.1) is 0 Å². The lowest BCUT2D eigenvalue weighted by atomic mass is 10.3. The van der Waals surface area contributed by atoms with Crippen LogP contribution in [-0.2, 0) is 10.0 Å². The van der Waals surface area contributed by atoms with E-state index in [9.17, 15) is 8.42 Å². The van der Waals surface area contributed by atoms with E-state index in [1.165, 1.54) is 24.7 Å². The molecule has 0 aliphatic heterocycles. The molecule has 0 aliphatic rings. The molecule has 0 bridgehead atoms. The quantitative estimate of drug-likeness (QED) is 0.912. The molecule has 1 aromatic carbocycles. The van der Waals surface area contributed by atoms with Crippen LogP contribution in [0.5, 0.6) is 0 Å². The molecule has 0 aliphatic carbocycles. The van der Waals surface area contributed by atoms with Crippen LogP contribution in [0.25, 0.3) is 0 Å². The van der Waals surface area contributed by atoms with Crippen LogP contribution >= 0.6 is 23.2 Å². The van der Waals surface area contributed by atoms with Gasteiger partial charge in [0.05, 0.1) is 23.2 Å². The second-order valence-electron chi connectivity index (χ2n) is 3.15. The van der Waals surface area contributed by atoms with Gasteiger partial charge in [-0.2, -0.15) is 8.42 Å². The highest BCUT2D eigenvalue weighted by molar-refractivity contribution is 7.92. The number of anilines is 1. The van der Waals surface area contributed by atoms with E-state index in [4.69, 9.17) is 23.2 Å². The monoisotopic (exact) mass is 291 g/mol. The number of imidazole rings is 1. The summed E-state index contributed by atoms with van der Waals surface area (Å²) in [5.74, 6) is 0. The van der Waals surface area contributed by atoms with Gasteiger partial charge in [0.1, 0.15) is 0 Å². The number of nitrogens with one attached hydrogen (secondary N) is 2. The molecule has 0 fully saturated rings. The highest BCUT2D eigenvalue weighted by Crippen LogP contribution is 2.27. The summed E-state index contributed by atoms with van der Waals surface area (Å²) in [6.07, 6.45) is 2.47. The van der Waals surface area contributed by atoms with Gasteiger partial charge in [0, 0.05) is 5.02 Å². The van der Waals surface area contributed by atoms with E-state index in [0.717, 1.165) is 0 Å². The van der Waals surface area contributed by atoms with Gasteiger partial charge in [0.15, 0.2) is 5.03 Å². The third kappa shape index (κ3) is 2.71. The van der Waals surface area contributed by atoms with Gasteiger partial charge in [-0.3, -0.25) is 4.72 Å². The maximum Gasteiger partial charge on any atom is 0.279 e. The maximum atomic E-state index is 11.8. The molecule has 0 amide bonds. The van der Waals surface area contributed by atoms with Crippen LogP contribution in [0.3, 0.4) is 0 Å². The lowest BCUT2D eigenvalue weighted by Gasteiger charge is -2.08. The van der Waals surface area contributed by atoms with E-state index in [1.54, 1.807) is 6.07 Å². The van der Waals surface area contributed by atoms with Gasteiger partial charge in [-0.05, 0) is 18.2 Å². The first-order valence-corrected chi connectivity index (χ1v) is 6.69. The Labute approximate surface area is 108 Å². The minimum Gasteiger partial charge on any atom is -0.334 e. The van der Waals surface area contributed by atoms with Crippen LogP contribution in [0.2, 0.25) is 10.0 Å². The molecule has 1 aromatic heterocycles. The number of halogens is 2. The number of aromatic nitrogens is 2. The van der Waals surface area contributed by atoms with E-state index in [1.807, 2.05) is 0 Å². The number of hydrogen-bond acceptors (Lipinski definition) is 3. The lowest BCUT2D eigenvalue weighted by Crippen LogP contribution is -2.13. The van der Waals surface area contributed by atoms with Crippen molar-refractivity contribution in [3.8, 4) is 0 Å². The fraction of sp³-hybridized carbons (Fsp3) is 0. The highest BCUT2D eigenvalue weighted by atomic mass is 35.5. The third-order valence-corrected chi connectivity index (χ3v) is 3.79. The lowest BCUT2D eigenvalue weighted by molar-refractivity contribution is 0.598. The number of hydrogen-bond donors (Lipinski definition) is 2. The topological polar surface area (TPSA) is 74.8 Å². The molecule has 0 saturated carbocycles. The Morgan fingerprint density at radius 1 is 1.29 bits per heavy atom. The summed E-state index contributed by atoms with van der Waals surface area (Å²) >= 11 is 11.6. The first kappa shape index (κ1) is 12.2. The van der Waals surface area contributed by atoms with Gasteiger partial charge < -0.3 is 4.98 Å². The third-order valence-electron chi connectivity index (χ3n) is 1.94. The molecule has 90 valence electrons. The minimum absolute atomic E-state index is 0.0476. The van der Waals surface area contributed by atoms with Gasteiger partial charge in [0.2, 0.25) is 0 Å². The number of aromatic amines is 1. The molecule has 0 radical (unpaired) electrons. The smallest absolute Gasteiger partial charge is 0.279 e. The van der Waals surface area contributed by atoms with Crippen molar-refractivity contribution in [2.24, 2.45) is 0 Å². The summed E-state index contributed by atoms with van der Waals surface area (Å²) in [6.45, 7) is 0. The van der Waals surface area contributed by atoms with Gasteiger partial charge in [-0.15, -0.1) is 0 Å². The number of nitrogens with zero attached hydrogens (tertiary/aromatic N) is 1. The Bertz CT molecular complexity index is 626. The molecule has 1 heterocycles. The number of rotatable bonds is 3. The van der Waals surface area contributed by atoms with Crippen molar-refractivity contribution < 1.29 is 8.42 Å². The normalized spacial score (nSPS) is 11.4. The van der Waals surface area contributed by atoms with Crippen molar-refractivity contribution in [3.63, 3.8) is 0 Å². The van der Waals surface area contributed by atoms with Crippen LogP contribution in [0.15, 0.2) is 35.7 Å². The van der Waals surface area contributed by atoms with E-state index in [-0.39, 0.29) is 15.7 Å². The second kappa shape index (κ2) is 4.56. The zero-order valence-electron chi connectivity index (χ0n) is 8.31. The Kier molecular flexibility index (Phi) is 3.28. The van der Waals surface area contributed by atoms with Gasteiger partial charge >= 0.3 is 0 Å². The standard InChI is InChI=1S/C9H7Cl2N3O2S/c10-6-1-2-7(11)8(3-6)14-17(15,16)9-4-12-5-13-9/h1-5,14H,(H,12,13). The Hall–Kier alpha value is -1.24. The van der Waals surface area contributed by atoms with Crippen molar-refractivity contribution in [3.05, 3.63) is 40.8 Å². The summed E-state index contributed by atoms with van der Waals surface area (Å²) in [5.41, 5.74) is 0.216. The van der Waals surface area contributed by atoms with Crippen LogP contribution < -0.4 is 4.72 Å². The van der Waals surface area contributed by atoms with Gasteiger partial charge in [0.25, 0.3) is 10.0 Å². The molecule has 2 aromatic rings.